The van der Waals surface area contributed by atoms with E-state index < -0.39 is 11.6 Å². The molecule has 0 bridgehead atoms. The van der Waals surface area contributed by atoms with Gasteiger partial charge in [0.05, 0.1) is 18.7 Å². The number of rotatable bonds is 4. The number of nitrogens with one attached hydrogen (secondary N) is 1. The zero-order valence-electron chi connectivity index (χ0n) is 12.8. The summed E-state index contributed by atoms with van der Waals surface area (Å²) in [5, 5.41) is 4.05. The third-order valence-corrected chi connectivity index (χ3v) is 4.24. The number of imide groups is 1. The second-order valence-corrected chi connectivity index (χ2v) is 6.10. The Labute approximate surface area is 138 Å². The quantitative estimate of drug-likeness (QED) is 0.872. The van der Waals surface area contributed by atoms with Crippen molar-refractivity contribution in [1.82, 2.24) is 15.2 Å². The highest BCUT2D eigenvalue weighted by Gasteiger charge is 2.47. The minimum absolute atomic E-state index is 0.119. The van der Waals surface area contributed by atoms with Gasteiger partial charge in [0.25, 0.3) is 5.91 Å². The topological polar surface area (TPSA) is 71.5 Å². The van der Waals surface area contributed by atoms with Crippen molar-refractivity contribution in [2.24, 2.45) is 0 Å². The molecule has 3 amide bonds. The number of carbonyl (C=O) groups excluding carboxylic acids is 2. The first-order valence-electron chi connectivity index (χ1n) is 7.11. The Bertz CT molecular complexity index is 795. The molecule has 1 fully saturated rings. The number of aromatic nitrogens is 1. The first-order chi connectivity index (χ1) is 11.0. The first-order valence-corrected chi connectivity index (χ1v) is 7.49. The summed E-state index contributed by atoms with van der Waals surface area (Å²) < 4.78 is 5.04. The molecule has 0 aliphatic carbocycles. The van der Waals surface area contributed by atoms with Crippen LogP contribution in [0.2, 0.25) is 5.02 Å². The van der Waals surface area contributed by atoms with Crippen molar-refractivity contribution < 1.29 is 14.3 Å². The van der Waals surface area contributed by atoms with Gasteiger partial charge < -0.3 is 10.1 Å². The van der Waals surface area contributed by atoms with Crippen molar-refractivity contribution in [2.75, 3.05) is 13.7 Å². The van der Waals surface area contributed by atoms with Gasteiger partial charge in [-0.2, -0.15) is 0 Å². The molecule has 1 atom stereocenters. The minimum atomic E-state index is -1.04. The number of halogens is 1. The van der Waals surface area contributed by atoms with Crippen LogP contribution in [-0.4, -0.2) is 41.1 Å². The first kappa shape index (κ1) is 15.7. The Hall–Kier alpha value is -2.18. The number of urea groups is 1. The molecular weight excluding hydrogens is 318 g/mol. The maximum absolute atomic E-state index is 12.6. The average Bonchev–Trinajstić information content (AvgIpc) is 2.73. The third kappa shape index (κ3) is 2.64. The van der Waals surface area contributed by atoms with Crippen molar-refractivity contribution in [1.29, 1.82) is 0 Å². The molecule has 3 rings (SSSR count). The lowest BCUT2D eigenvalue weighted by molar-refractivity contribution is -0.132. The lowest BCUT2D eigenvalue weighted by Gasteiger charge is -2.20. The van der Waals surface area contributed by atoms with E-state index >= 15 is 0 Å². The Morgan fingerprint density at radius 1 is 1.35 bits per heavy atom. The molecule has 1 aromatic carbocycles. The van der Waals surface area contributed by atoms with Gasteiger partial charge in [0.2, 0.25) is 0 Å². The van der Waals surface area contributed by atoms with Gasteiger partial charge in [0.15, 0.2) is 0 Å². The summed E-state index contributed by atoms with van der Waals surface area (Å²) in [5.74, 6) is -0.316. The standard InChI is InChI=1S/C16H16ClN3O3/c1-16(9-23-2)14(21)20(15(22)19-16)8-10-5-6-12(17)11-4-3-7-18-13(10)11/h3-7H,8-9H2,1-2H3,(H,19,22)/t16-/m1/s1. The summed E-state index contributed by atoms with van der Waals surface area (Å²) in [6.07, 6.45) is 1.66. The van der Waals surface area contributed by atoms with Gasteiger partial charge in [-0.05, 0) is 30.7 Å². The smallest absolute Gasteiger partial charge is 0.325 e. The van der Waals surface area contributed by atoms with Crippen LogP contribution in [0.4, 0.5) is 4.79 Å². The van der Waals surface area contributed by atoms with E-state index in [1.807, 2.05) is 6.07 Å². The number of nitrogens with zero attached hydrogens (tertiary/aromatic N) is 2. The molecule has 1 aliphatic heterocycles. The van der Waals surface area contributed by atoms with Crippen LogP contribution in [0.1, 0.15) is 12.5 Å². The molecule has 1 saturated heterocycles. The summed E-state index contributed by atoms with van der Waals surface area (Å²) in [4.78, 5) is 30.2. The van der Waals surface area contributed by atoms with Crippen LogP contribution in [0, 0.1) is 0 Å². The van der Waals surface area contributed by atoms with Crippen LogP contribution >= 0.6 is 11.6 Å². The molecule has 0 unspecified atom stereocenters. The summed E-state index contributed by atoms with van der Waals surface area (Å²) in [7, 11) is 1.49. The predicted molar refractivity (Wildman–Crippen MR) is 86.1 cm³/mol. The van der Waals surface area contributed by atoms with E-state index in [4.69, 9.17) is 16.3 Å². The molecular formula is C16H16ClN3O3. The molecule has 0 saturated carbocycles. The number of benzene rings is 1. The lowest BCUT2D eigenvalue weighted by atomic mass is 10.0. The fourth-order valence-corrected chi connectivity index (χ4v) is 2.99. The van der Waals surface area contributed by atoms with Crippen molar-refractivity contribution in [3.63, 3.8) is 0 Å². The average molecular weight is 334 g/mol. The fourth-order valence-electron chi connectivity index (χ4n) is 2.77. The van der Waals surface area contributed by atoms with E-state index in [0.29, 0.717) is 10.5 Å². The van der Waals surface area contributed by atoms with E-state index in [2.05, 4.69) is 10.3 Å². The van der Waals surface area contributed by atoms with Gasteiger partial charge >= 0.3 is 6.03 Å². The van der Waals surface area contributed by atoms with Gasteiger partial charge in [-0.15, -0.1) is 0 Å². The minimum Gasteiger partial charge on any atom is -0.382 e. The highest BCUT2D eigenvalue weighted by molar-refractivity contribution is 6.35. The SMILES string of the molecule is COC[C@@]1(C)NC(=O)N(Cc2ccc(Cl)c3cccnc23)C1=O. The van der Waals surface area contributed by atoms with Crippen LogP contribution in [-0.2, 0) is 16.1 Å². The largest absolute Gasteiger partial charge is 0.382 e. The number of fused-ring (bicyclic) bond motifs is 1. The highest BCUT2D eigenvalue weighted by Crippen LogP contribution is 2.27. The summed E-state index contributed by atoms with van der Waals surface area (Å²) in [5.41, 5.74) is 0.401. The van der Waals surface area contributed by atoms with E-state index in [-0.39, 0.29) is 19.1 Å². The van der Waals surface area contributed by atoms with Crippen LogP contribution in [0.15, 0.2) is 30.5 Å². The molecule has 120 valence electrons. The number of ether oxygens (including phenoxy) is 1. The molecule has 2 aromatic rings. The normalized spacial score (nSPS) is 21.1. The van der Waals surface area contributed by atoms with E-state index in [0.717, 1.165) is 10.9 Å². The fraction of sp³-hybridized carbons (Fsp3) is 0.312. The number of carbonyl (C=O) groups is 2. The third-order valence-electron chi connectivity index (χ3n) is 3.91. The Morgan fingerprint density at radius 3 is 2.87 bits per heavy atom. The molecule has 7 heteroatoms. The van der Waals surface area contributed by atoms with Crippen LogP contribution in [0.25, 0.3) is 10.9 Å². The van der Waals surface area contributed by atoms with E-state index in [9.17, 15) is 9.59 Å². The molecule has 2 heterocycles. The number of hydrogen-bond donors (Lipinski definition) is 1. The molecule has 0 radical (unpaired) electrons. The molecule has 1 N–H and O–H groups in total. The summed E-state index contributed by atoms with van der Waals surface area (Å²) in [6.45, 7) is 1.90. The van der Waals surface area contributed by atoms with Gasteiger partial charge in [-0.25, -0.2) is 4.79 Å². The van der Waals surface area contributed by atoms with Crippen molar-refractivity contribution >= 4 is 34.4 Å². The number of hydrogen-bond acceptors (Lipinski definition) is 4. The second-order valence-electron chi connectivity index (χ2n) is 5.69. The molecule has 1 aliphatic rings. The zero-order valence-corrected chi connectivity index (χ0v) is 13.6. The summed E-state index contributed by atoms with van der Waals surface area (Å²) in [6, 6.07) is 6.74. The van der Waals surface area contributed by atoms with Crippen LogP contribution in [0.5, 0.6) is 0 Å². The van der Waals surface area contributed by atoms with Gasteiger partial charge in [0.1, 0.15) is 5.54 Å². The number of amides is 3. The Balaban J connectivity index is 1.95. The maximum Gasteiger partial charge on any atom is 0.325 e. The lowest BCUT2D eigenvalue weighted by Crippen LogP contribution is -2.47. The number of methoxy groups -OCH3 is 1. The zero-order chi connectivity index (χ0) is 16.6. The number of pyridine rings is 1. The molecule has 0 spiro atoms. The maximum atomic E-state index is 12.6. The van der Waals surface area contributed by atoms with E-state index in [1.54, 1.807) is 31.3 Å². The highest BCUT2D eigenvalue weighted by atomic mass is 35.5. The Kier molecular flexibility index (Phi) is 3.95. The molecule has 6 nitrogen and oxygen atoms in total. The van der Waals surface area contributed by atoms with Crippen molar-refractivity contribution in [2.45, 2.75) is 19.0 Å². The van der Waals surface area contributed by atoms with Crippen LogP contribution in [0.3, 0.4) is 0 Å². The van der Waals surface area contributed by atoms with Gasteiger partial charge in [-0.3, -0.25) is 14.7 Å². The predicted octanol–water partition coefficient (Wildman–Crippen LogP) is 2.35. The van der Waals surface area contributed by atoms with Gasteiger partial charge in [-0.1, -0.05) is 17.7 Å². The molecule has 1 aromatic heterocycles. The van der Waals surface area contributed by atoms with Crippen molar-refractivity contribution in [3.05, 3.63) is 41.0 Å². The molecule has 23 heavy (non-hydrogen) atoms. The Morgan fingerprint density at radius 2 is 2.13 bits per heavy atom. The monoisotopic (exact) mass is 333 g/mol. The second kappa shape index (κ2) is 5.79. The summed E-state index contributed by atoms with van der Waals surface area (Å²) >= 11 is 6.17. The van der Waals surface area contributed by atoms with Crippen LogP contribution < -0.4 is 5.32 Å². The van der Waals surface area contributed by atoms with Crippen molar-refractivity contribution in [3.8, 4) is 0 Å². The van der Waals surface area contributed by atoms with E-state index in [1.165, 1.54) is 12.0 Å². The van der Waals surface area contributed by atoms with Gasteiger partial charge in [0, 0.05) is 23.7 Å².